The highest BCUT2D eigenvalue weighted by Gasteiger charge is 2.25. The molecule has 17 heavy (non-hydrogen) atoms. The largest absolute Gasteiger partial charge is 1.00 e. The highest BCUT2D eigenvalue weighted by molar-refractivity contribution is 5.73. The Kier molecular flexibility index (Phi) is 8.44. The second kappa shape index (κ2) is 7.66. The van der Waals surface area contributed by atoms with Gasteiger partial charge in [-0.25, -0.2) is 0 Å². The third-order valence-electron chi connectivity index (χ3n) is 1.91. The number of rotatable bonds is 6. The third kappa shape index (κ3) is 10.3. The van der Waals surface area contributed by atoms with E-state index in [0.29, 0.717) is 11.0 Å². The molecule has 0 spiro atoms. The Balaban J connectivity index is 0. The number of carbonyl (C=O) groups is 2. The van der Waals surface area contributed by atoms with Gasteiger partial charge in [0.1, 0.15) is 6.54 Å². The van der Waals surface area contributed by atoms with Crippen molar-refractivity contribution in [1.29, 1.82) is 0 Å². The van der Waals surface area contributed by atoms with Crippen molar-refractivity contribution in [2.45, 2.75) is 26.4 Å². The molecule has 0 saturated carbocycles. The summed E-state index contributed by atoms with van der Waals surface area (Å²) in [6.07, 6.45) is -0.707. The van der Waals surface area contributed by atoms with Crippen molar-refractivity contribution in [3.05, 3.63) is 0 Å². The fraction of sp³-hybridized carbons (Fsp3) is 0.818. The first-order valence-corrected chi connectivity index (χ1v) is 5.34. The molecule has 0 amide bonds. The van der Waals surface area contributed by atoms with Crippen LogP contribution < -0.4 is 17.0 Å². The van der Waals surface area contributed by atoms with E-state index in [1.54, 1.807) is 13.8 Å². The van der Waals surface area contributed by atoms with Crippen LogP contribution in [0.25, 0.3) is 0 Å². The van der Waals surface area contributed by atoms with Crippen LogP contribution in [-0.4, -0.2) is 55.3 Å². The van der Waals surface area contributed by atoms with E-state index in [1.165, 1.54) is 0 Å². The van der Waals surface area contributed by atoms with Crippen molar-refractivity contribution < 1.29 is 40.9 Å². The Morgan fingerprint density at radius 2 is 1.71 bits per heavy atom. The standard InChI is InChI=1S/C11H21NO4.BrH/c1-8(2)11(15)16-9(6-10(13)14)7-12(3,4)5;/h8-9H,6-7H2,1-5H3;1H. The maximum Gasteiger partial charge on any atom is 0.308 e. The fourth-order valence-electron chi connectivity index (χ4n) is 1.25. The molecule has 1 atom stereocenters. The van der Waals surface area contributed by atoms with Gasteiger partial charge in [0.25, 0.3) is 0 Å². The first kappa shape index (κ1) is 18.7. The number of carboxylic acid groups (broad SMARTS) is 1. The van der Waals surface area contributed by atoms with Crippen LogP contribution in [0.15, 0.2) is 0 Å². The highest BCUT2D eigenvalue weighted by atomic mass is 79.9. The van der Waals surface area contributed by atoms with Crippen LogP contribution in [0, 0.1) is 5.92 Å². The summed E-state index contributed by atoms with van der Waals surface area (Å²) in [5, 5.41) is 8.73. The van der Waals surface area contributed by atoms with Gasteiger partial charge in [0, 0.05) is 0 Å². The Morgan fingerprint density at radius 1 is 1.24 bits per heavy atom. The quantitative estimate of drug-likeness (QED) is 0.444. The highest BCUT2D eigenvalue weighted by Crippen LogP contribution is 2.08. The molecule has 0 saturated heterocycles. The van der Waals surface area contributed by atoms with Crippen LogP contribution in [0.3, 0.4) is 0 Å². The maximum absolute atomic E-state index is 11.4. The first-order chi connectivity index (χ1) is 7.11. The number of halogens is 1. The Morgan fingerprint density at radius 3 is 2.00 bits per heavy atom. The van der Waals surface area contributed by atoms with E-state index in [4.69, 9.17) is 9.84 Å². The van der Waals surface area contributed by atoms with E-state index in [0.717, 1.165) is 0 Å². The van der Waals surface area contributed by atoms with Gasteiger partial charge in [-0.3, -0.25) is 9.59 Å². The zero-order valence-electron chi connectivity index (χ0n) is 11.1. The van der Waals surface area contributed by atoms with E-state index in [1.807, 2.05) is 21.1 Å². The second-order valence-electron chi connectivity index (χ2n) is 5.28. The lowest BCUT2D eigenvalue weighted by Crippen LogP contribution is -3.00. The van der Waals surface area contributed by atoms with Crippen molar-refractivity contribution in [3.63, 3.8) is 0 Å². The molecular weight excluding hydrogens is 290 g/mol. The average molecular weight is 312 g/mol. The van der Waals surface area contributed by atoms with Gasteiger partial charge >= 0.3 is 11.9 Å². The molecule has 0 aromatic heterocycles. The van der Waals surface area contributed by atoms with Crippen LogP contribution in [0.5, 0.6) is 0 Å². The molecule has 0 radical (unpaired) electrons. The van der Waals surface area contributed by atoms with Gasteiger partial charge < -0.3 is 31.3 Å². The number of likely N-dealkylation sites (N-methyl/N-ethyl adjacent to an activating group) is 1. The van der Waals surface area contributed by atoms with E-state index >= 15 is 0 Å². The summed E-state index contributed by atoms with van der Waals surface area (Å²) in [5.74, 6) is -1.53. The van der Waals surface area contributed by atoms with Crippen LogP contribution in [0.1, 0.15) is 20.3 Å². The normalized spacial score (nSPS) is 12.8. The van der Waals surface area contributed by atoms with Gasteiger partial charge in [0.05, 0.1) is 33.5 Å². The average Bonchev–Trinajstić information content (AvgIpc) is 1.98. The van der Waals surface area contributed by atoms with Crippen molar-refractivity contribution in [3.8, 4) is 0 Å². The van der Waals surface area contributed by atoms with Gasteiger partial charge in [-0.1, -0.05) is 13.8 Å². The number of carbonyl (C=O) groups excluding carboxylic acids is 1. The van der Waals surface area contributed by atoms with Gasteiger partial charge in [-0.05, 0) is 0 Å². The SMILES string of the molecule is CC(C)C(=O)OC(CC(=O)O)C[N+](C)(C)C.[Br-]. The molecule has 0 aliphatic heterocycles. The summed E-state index contributed by atoms with van der Waals surface area (Å²) in [6.45, 7) is 3.95. The molecule has 0 aliphatic carbocycles. The number of esters is 1. The molecule has 6 heteroatoms. The number of quaternary nitrogens is 1. The minimum atomic E-state index is -0.949. The number of hydrogen-bond donors (Lipinski definition) is 1. The maximum atomic E-state index is 11.4. The zero-order chi connectivity index (χ0) is 12.9. The lowest BCUT2D eigenvalue weighted by molar-refractivity contribution is -0.873. The van der Waals surface area contributed by atoms with Gasteiger partial charge in [-0.2, -0.15) is 0 Å². The van der Waals surface area contributed by atoms with Crippen LogP contribution in [0.4, 0.5) is 0 Å². The molecule has 1 N–H and O–H groups in total. The van der Waals surface area contributed by atoms with Crippen molar-refractivity contribution in [2.24, 2.45) is 5.92 Å². The number of nitrogens with zero attached hydrogens (tertiary/aromatic N) is 1. The molecule has 0 aromatic rings. The summed E-state index contributed by atoms with van der Waals surface area (Å²) >= 11 is 0. The molecule has 0 aliphatic rings. The molecule has 0 rings (SSSR count). The van der Waals surface area contributed by atoms with Crippen molar-refractivity contribution in [2.75, 3.05) is 27.7 Å². The van der Waals surface area contributed by atoms with Crippen LogP contribution in [-0.2, 0) is 14.3 Å². The van der Waals surface area contributed by atoms with E-state index in [-0.39, 0.29) is 35.3 Å². The summed E-state index contributed by atoms with van der Waals surface area (Å²) in [4.78, 5) is 22.0. The molecular formula is C11H22BrNO4. The topological polar surface area (TPSA) is 63.6 Å². The minimum Gasteiger partial charge on any atom is -1.00 e. The predicted octanol–water partition coefficient (Wildman–Crippen LogP) is -2.26. The Bertz CT molecular complexity index is 261. The fourth-order valence-corrected chi connectivity index (χ4v) is 1.25. The van der Waals surface area contributed by atoms with Crippen molar-refractivity contribution in [1.82, 2.24) is 0 Å². The first-order valence-electron chi connectivity index (χ1n) is 5.34. The van der Waals surface area contributed by atoms with E-state index in [2.05, 4.69) is 0 Å². The predicted molar refractivity (Wildman–Crippen MR) is 59.9 cm³/mol. The molecule has 0 bridgehead atoms. The smallest absolute Gasteiger partial charge is 0.308 e. The zero-order valence-corrected chi connectivity index (χ0v) is 12.7. The lowest BCUT2D eigenvalue weighted by Gasteiger charge is -2.28. The van der Waals surface area contributed by atoms with Crippen molar-refractivity contribution >= 4 is 11.9 Å². The molecule has 102 valence electrons. The summed E-state index contributed by atoms with van der Waals surface area (Å²) in [6, 6.07) is 0. The van der Waals surface area contributed by atoms with Crippen LogP contribution >= 0.6 is 0 Å². The van der Waals surface area contributed by atoms with E-state index in [9.17, 15) is 9.59 Å². The second-order valence-corrected chi connectivity index (χ2v) is 5.28. The summed E-state index contributed by atoms with van der Waals surface area (Å²) in [5.41, 5.74) is 0. The Hall–Kier alpha value is -0.620. The van der Waals surface area contributed by atoms with Gasteiger partial charge in [-0.15, -0.1) is 0 Å². The lowest BCUT2D eigenvalue weighted by atomic mass is 10.2. The minimum absolute atomic E-state index is 0. The summed E-state index contributed by atoms with van der Waals surface area (Å²) < 4.78 is 5.72. The molecule has 0 fully saturated rings. The number of aliphatic carboxylic acids is 1. The molecule has 1 unspecified atom stereocenters. The number of hydrogen-bond acceptors (Lipinski definition) is 3. The van der Waals surface area contributed by atoms with Gasteiger partial charge in [0.15, 0.2) is 6.10 Å². The molecule has 0 aromatic carbocycles. The van der Waals surface area contributed by atoms with Crippen LogP contribution in [0.2, 0.25) is 0 Å². The molecule has 5 nitrogen and oxygen atoms in total. The van der Waals surface area contributed by atoms with E-state index < -0.39 is 12.1 Å². The summed E-state index contributed by atoms with van der Waals surface area (Å²) in [7, 11) is 5.79. The number of ether oxygens (including phenoxy) is 1. The third-order valence-corrected chi connectivity index (χ3v) is 1.91. The Labute approximate surface area is 113 Å². The monoisotopic (exact) mass is 311 g/mol. The molecule has 0 heterocycles. The van der Waals surface area contributed by atoms with Gasteiger partial charge in [0.2, 0.25) is 0 Å². The number of carboxylic acids is 1.